The summed E-state index contributed by atoms with van der Waals surface area (Å²) in [5.41, 5.74) is 0. The normalized spacial score (nSPS) is 20.2. The number of nitrogens with one attached hydrogen (secondary N) is 1. The van der Waals surface area contributed by atoms with E-state index in [9.17, 15) is 4.79 Å². The van der Waals surface area contributed by atoms with E-state index < -0.39 is 0 Å². The fourth-order valence-corrected chi connectivity index (χ4v) is 1.88. The van der Waals surface area contributed by atoms with E-state index in [2.05, 4.69) is 29.2 Å². The zero-order valence-corrected chi connectivity index (χ0v) is 9.42. The SMILES string of the molecule is CCC(=O)NC1CN(CC)N(CC)C1. The molecule has 1 N–H and O–H groups in total. The largest absolute Gasteiger partial charge is 0.351 e. The lowest BCUT2D eigenvalue weighted by atomic mass is 10.3. The Hall–Kier alpha value is -0.610. The number of carbonyl (C=O) groups is 1. The molecule has 0 radical (unpaired) electrons. The van der Waals surface area contributed by atoms with Crippen LogP contribution in [0.1, 0.15) is 27.2 Å². The van der Waals surface area contributed by atoms with Gasteiger partial charge in [-0.25, -0.2) is 10.0 Å². The smallest absolute Gasteiger partial charge is 0.220 e. The quantitative estimate of drug-likeness (QED) is 0.714. The van der Waals surface area contributed by atoms with Crippen LogP contribution in [0.3, 0.4) is 0 Å². The Morgan fingerprint density at radius 2 is 1.71 bits per heavy atom. The standard InChI is InChI=1S/C10H21N3O/c1-4-10(14)11-9-7-12(5-2)13(6-3)8-9/h9H,4-8H2,1-3H3,(H,11,14). The highest BCUT2D eigenvalue weighted by Crippen LogP contribution is 2.09. The number of nitrogens with zero attached hydrogens (tertiary/aromatic N) is 2. The van der Waals surface area contributed by atoms with Gasteiger partial charge in [-0.1, -0.05) is 20.8 Å². The Bertz CT molecular complexity index is 184. The molecule has 1 rings (SSSR count). The predicted octanol–water partition coefficient (Wildman–Crippen LogP) is 0.454. The molecule has 1 fully saturated rings. The molecular weight excluding hydrogens is 178 g/mol. The first-order valence-electron chi connectivity index (χ1n) is 5.50. The Balaban J connectivity index is 2.40. The molecule has 1 aliphatic heterocycles. The Morgan fingerprint density at radius 1 is 1.21 bits per heavy atom. The van der Waals surface area contributed by atoms with Crippen molar-refractivity contribution in [1.82, 2.24) is 15.3 Å². The molecule has 82 valence electrons. The van der Waals surface area contributed by atoms with Crippen LogP contribution >= 0.6 is 0 Å². The summed E-state index contributed by atoms with van der Waals surface area (Å²) in [6.07, 6.45) is 0.578. The lowest BCUT2D eigenvalue weighted by molar-refractivity contribution is -0.121. The molecule has 0 aliphatic carbocycles. The number of hydrazine groups is 1. The van der Waals surface area contributed by atoms with Crippen molar-refractivity contribution < 1.29 is 4.79 Å². The molecule has 4 nitrogen and oxygen atoms in total. The summed E-state index contributed by atoms with van der Waals surface area (Å²) in [6, 6.07) is 0.308. The maximum Gasteiger partial charge on any atom is 0.220 e. The monoisotopic (exact) mass is 199 g/mol. The van der Waals surface area contributed by atoms with E-state index in [-0.39, 0.29) is 5.91 Å². The van der Waals surface area contributed by atoms with E-state index in [4.69, 9.17) is 0 Å². The van der Waals surface area contributed by atoms with E-state index in [1.165, 1.54) is 0 Å². The third kappa shape index (κ3) is 2.69. The van der Waals surface area contributed by atoms with Crippen molar-refractivity contribution in [1.29, 1.82) is 0 Å². The van der Waals surface area contributed by atoms with Crippen molar-refractivity contribution in [3.63, 3.8) is 0 Å². The zero-order valence-electron chi connectivity index (χ0n) is 9.42. The molecule has 0 atom stereocenters. The van der Waals surface area contributed by atoms with Crippen molar-refractivity contribution in [2.45, 2.75) is 33.2 Å². The number of carbonyl (C=O) groups excluding carboxylic acids is 1. The lowest BCUT2D eigenvalue weighted by Gasteiger charge is -2.24. The summed E-state index contributed by atoms with van der Waals surface area (Å²) in [5, 5.41) is 7.62. The molecule has 0 saturated carbocycles. The first-order valence-corrected chi connectivity index (χ1v) is 5.50. The second-order valence-electron chi connectivity index (χ2n) is 3.63. The van der Waals surface area contributed by atoms with E-state index >= 15 is 0 Å². The molecular formula is C10H21N3O. The highest BCUT2D eigenvalue weighted by atomic mass is 16.1. The molecule has 0 aromatic heterocycles. The van der Waals surface area contributed by atoms with Gasteiger partial charge in [-0.05, 0) is 0 Å². The maximum absolute atomic E-state index is 11.2. The van der Waals surface area contributed by atoms with Crippen LogP contribution in [0.2, 0.25) is 0 Å². The summed E-state index contributed by atoms with van der Waals surface area (Å²) < 4.78 is 0. The fraction of sp³-hybridized carbons (Fsp3) is 0.900. The number of hydrogen-bond acceptors (Lipinski definition) is 3. The highest BCUT2D eigenvalue weighted by molar-refractivity contribution is 5.75. The van der Waals surface area contributed by atoms with Crippen LogP contribution < -0.4 is 5.32 Å². The van der Waals surface area contributed by atoms with Gasteiger partial charge in [-0.2, -0.15) is 0 Å². The van der Waals surface area contributed by atoms with Gasteiger partial charge in [0.2, 0.25) is 5.91 Å². The van der Waals surface area contributed by atoms with Crippen LogP contribution in [-0.2, 0) is 4.79 Å². The van der Waals surface area contributed by atoms with Crippen LogP contribution in [0.25, 0.3) is 0 Å². The van der Waals surface area contributed by atoms with Gasteiger partial charge in [0.1, 0.15) is 0 Å². The Labute approximate surface area is 86.2 Å². The zero-order chi connectivity index (χ0) is 10.6. The second-order valence-corrected chi connectivity index (χ2v) is 3.63. The van der Waals surface area contributed by atoms with E-state index in [1.54, 1.807) is 0 Å². The van der Waals surface area contributed by atoms with Gasteiger partial charge >= 0.3 is 0 Å². The van der Waals surface area contributed by atoms with Crippen LogP contribution in [0.4, 0.5) is 0 Å². The van der Waals surface area contributed by atoms with Gasteiger partial charge in [0.15, 0.2) is 0 Å². The van der Waals surface area contributed by atoms with Gasteiger partial charge in [0.05, 0.1) is 6.04 Å². The topological polar surface area (TPSA) is 35.6 Å². The van der Waals surface area contributed by atoms with Crippen LogP contribution in [0.15, 0.2) is 0 Å². The Morgan fingerprint density at radius 3 is 2.07 bits per heavy atom. The molecule has 4 heteroatoms. The molecule has 1 saturated heterocycles. The summed E-state index contributed by atoms with van der Waals surface area (Å²) >= 11 is 0. The van der Waals surface area contributed by atoms with Crippen molar-refractivity contribution >= 4 is 5.91 Å². The van der Waals surface area contributed by atoms with Crippen molar-refractivity contribution in [3.8, 4) is 0 Å². The second kappa shape index (κ2) is 5.32. The molecule has 14 heavy (non-hydrogen) atoms. The number of rotatable bonds is 4. The van der Waals surface area contributed by atoms with Crippen molar-refractivity contribution in [2.75, 3.05) is 26.2 Å². The lowest BCUT2D eigenvalue weighted by Crippen LogP contribution is -2.38. The minimum Gasteiger partial charge on any atom is -0.351 e. The molecule has 0 aromatic carbocycles. The van der Waals surface area contributed by atoms with Crippen molar-refractivity contribution in [2.24, 2.45) is 0 Å². The predicted molar refractivity (Wildman–Crippen MR) is 56.7 cm³/mol. The maximum atomic E-state index is 11.2. The fourth-order valence-electron chi connectivity index (χ4n) is 1.88. The summed E-state index contributed by atoms with van der Waals surface area (Å²) in [4.78, 5) is 11.2. The summed E-state index contributed by atoms with van der Waals surface area (Å²) in [6.45, 7) is 10.1. The minimum atomic E-state index is 0.156. The van der Waals surface area contributed by atoms with Gasteiger partial charge in [0.25, 0.3) is 0 Å². The first-order chi connectivity index (χ1) is 6.71. The van der Waals surface area contributed by atoms with Crippen LogP contribution in [0.5, 0.6) is 0 Å². The third-order valence-corrected chi connectivity index (χ3v) is 2.68. The third-order valence-electron chi connectivity index (χ3n) is 2.68. The first kappa shape index (κ1) is 11.5. The number of hydrogen-bond donors (Lipinski definition) is 1. The molecule has 0 unspecified atom stereocenters. The van der Waals surface area contributed by atoms with Gasteiger partial charge < -0.3 is 5.32 Å². The van der Waals surface area contributed by atoms with E-state index in [0.29, 0.717) is 12.5 Å². The number of amides is 1. The molecule has 1 amide bonds. The van der Waals surface area contributed by atoms with E-state index in [0.717, 1.165) is 26.2 Å². The summed E-state index contributed by atoms with van der Waals surface area (Å²) in [5.74, 6) is 0.156. The van der Waals surface area contributed by atoms with Gasteiger partial charge in [-0.15, -0.1) is 0 Å². The molecule has 0 aromatic rings. The molecule has 1 heterocycles. The minimum absolute atomic E-state index is 0.156. The average molecular weight is 199 g/mol. The molecule has 0 spiro atoms. The molecule has 1 aliphatic rings. The van der Waals surface area contributed by atoms with Gasteiger partial charge in [-0.3, -0.25) is 4.79 Å². The highest BCUT2D eigenvalue weighted by Gasteiger charge is 2.28. The average Bonchev–Trinajstić information content (AvgIpc) is 2.59. The van der Waals surface area contributed by atoms with Crippen LogP contribution in [-0.4, -0.2) is 48.1 Å². The molecule has 0 bridgehead atoms. The van der Waals surface area contributed by atoms with Crippen molar-refractivity contribution in [3.05, 3.63) is 0 Å². The van der Waals surface area contributed by atoms with Crippen LogP contribution in [0, 0.1) is 0 Å². The van der Waals surface area contributed by atoms with E-state index in [1.807, 2.05) is 6.92 Å². The number of likely N-dealkylation sites (N-methyl/N-ethyl adjacent to an activating group) is 2. The van der Waals surface area contributed by atoms with Gasteiger partial charge in [0, 0.05) is 32.6 Å². The summed E-state index contributed by atoms with van der Waals surface area (Å²) in [7, 11) is 0. The Kier molecular flexibility index (Phi) is 4.35.